The van der Waals surface area contributed by atoms with Gasteiger partial charge in [0.15, 0.2) is 0 Å². The van der Waals surface area contributed by atoms with Gasteiger partial charge in [-0.2, -0.15) is 0 Å². The Hall–Kier alpha value is -3.28. The molecule has 3 N–H and O–H groups in total. The van der Waals surface area contributed by atoms with E-state index in [-0.39, 0.29) is 18.0 Å². The number of nitrogens with one attached hydrogen (secondary N) is 3. The van der Waals surface area contributed by atoms with E-state index in [9.17, 15) is 9.59 Å². The summed E-state index contributed by atoms with van der Waals surface area (Å²) < 4.78 is 1.92. The number of nitrogens with zero attached hydrogens (tertiary/aromatic N) is 1. The summed E-state index contributed by atoms with van der Waals surface area (Å²) in [5.41, 5.74) is 2.66. The van der Waals surface area contributed by atoms with Crippen molar-refractivity contribution in [3.63, 3.8) is 0 Å². The van der Waals surface area contributed by atoms with E-state index >= 15 is 0 Å². The monoisotopic (exact) mass is 350 g/mol. The average Bonchev–Trinajstić information content (AvgIpc) is 2.93. The van der Waals surface area contributed by atoms with Crippen molar-refractivity contribution in [2.75, 3.05) is 10.6 Å². The normalized spacial score (nSPS) is 10.8. The summed E-state index contributed by atoms with van der Waals surface area (Å²) in [4.78, 5) is 24.8. The third kappa shape index (κ3) is 3.69. The van der Waals surface area contributed by atoms with E-state index in [2.05, 4.69) is 16.0 Å². The molecule has 0 aliphatic heterocycles. The van der Waals surface area contributed by atoms with Gasteiger partial charge < -0.3 is 20.5 Å². The fourth-order valence-electron chi connectivity index (χ4n) is 2.83. The van der Waals surface area contributed by atoms with E-state index in [0.717, 1.165) is 10.9 Å². The van der Waals surface area contributed by atoms with Crippen LogP contribution in [0.25, 0.3) is 10.9 Å². The van der Waals surface area contributed by atoms with E-state index < -0.39 is 0 Å². The molecule has 3 amide bonds. The van der Waals surface area contributed by atoms with Gasteiger partial charge >= 0.3 is 6.03 Å². The third-order valence-electron chi connectivity index (χ3n) is 3.98. The van der Waals surface area contributed by atoms with Crippen molar-refractivity contribution in [3.8, 4) is 0 Å². The zero-order valence-corrected chi connectivity index (χ0v) is 15.0. The molecule has 26 heavy (non-hydrogen) atoms. The van der Waals surface area contributed by atoms with Crippen molar-refractivity contribution in [1.29, 1.82) is 0 Å². The molecule has 3 aromatic rings. The smallest absolute Gasteiger partial charge is 0.319 e. The fraction of sp³-hybridized carbons (Fsp3) is 0.200. The van der Waals surface area contributed by atoms with Crippen molar-refractivity contribution in [1.82, 2.24) is 9.88 Å². The maximum absolute atomic E-state index is 12.8. The summed E-state index contributed by atoms with van der Waals surface area (Å²) in [5.74, 6) is -0.222. The van der Waals surface area contributed by atoms with Crippen LogP contribution in [0.3, 0.4) is 0 Å². The Kier molecular flexibility index (Phi) is 4.93. The molecular weight excluding hydrogens is 328 g/mol. The lowest BCUT2D eigenvalue weighted by molar-refractivity contribution is 0.102. The molecule has 1 aromatic heterocycles. The molecule has 134 valence electrons. The van der Waals surface area contributed by atoms with Crippen LogP contribution in [0, 0.1) is 0 Å². The minimum absolute atomic E-state index is 0.0208. The maximum Gasteiger partial charge on any atom is 0.319 e. The lowest BCUT2D eigenvalue weighted by atomic mass is 10.1. The van der Waals surface area contributed by atoms with Crippen LogP contribution in [0.4, 0.5) is 16.2 Å². The Balaban J connectivity index is 1.84. The van der Waals surface area contributed by atoms with Crippen molar-refractivity contribution < 1.29 is 9.59 Å². The Morgan fingerprint density at radius 3 is 2.23 bits per heavy atom. The van der Waals surface area contributed by atoms with Crippen LogP contribution >= 0.6 is 0 Å². The van der Waals surface area contributed by atoms with E-state index in [1.165, 1.54) is 0 Å². The Morgan fingerprint density at radius 2 is 1.54 bits per heavy atom. The summed E-state index contributed by atoms with van der Waals surface area (Å²) in [6, 6.07) is 14.6. The zero-order valence-electron chi connectivity index (χ0n) is 15.0. The van der Waals surface area contributed by atoms with Gasteiger partial charge in [0.1, 0.15) is 0 Å². The molecule has 0 fully saturated rings. The van der Waals surface area contributed by atoms with E-state index in [0.29, 0.717) is 16.9 Å². The molecule has 0 unspecified atom stereocenters. The molecule has 0 spiro atoms. The number of benzene rings is 2. The number of rotatable bonds is 4. The maximum atomic E-state index is 12.8. The number of hydrogen-bond donors (Lipinski definition) is 3. The lowest BCUT2D eigenvalue weighted by Crippen LogP contribution is -2.34. The van der Waals surface area contributed by atoms with Gasteiger partial charge in [0, 0.05) is 30.2 Å². The summed E-state index contributed by atoms with van der Waals surface area (Å²) in [5, 5.41) is 9.32. The van der Waals surface area contributed by atoms with Gasteiger partial charge in [-0.05, 0) is 32.0 Å². The summed E-state index contributed by atoms with van der Waals surface area (Å²) in [6.07, 6.45) is 1.81. The molecule has 0 bridgehead atoms. The topological polar surface area (TPSA) is 75.2 Å². The number of carbonyl (C=O) groups excluding carboxylic acids is 2. The molecule has 2 aromatic carbocycles. The van der Waals surface area contributed by atoms with Gasteiger partial charge in [-0.3, -0.25) is 4.79 Å². The van der Waals surface area contributed by atoms with Gasteiger partial charge in [-0.1, -0.05) is 30.3 Å². The number of hydrogen-bond acceptors (Lipinski definition) is 2. The predicted molar refractivity (Wildman–Crippen MR) is 105 cm³/mol. The SMILES string of the molecule is CC(C)NC(=O)Nc1ccccc1NC(=O)c1cn(C)c2ccccc12. The highest BCUT2D eigenvalue weighted by Crippen LogP contribution is 2.25. The molecule has 0 saturated heterocycles. The van der Waals surface area contributed by atoms with Crippen molar-refractivity contribution in [3.05, 3.63) is 60.3 Å². The van der Waals surface area contributed by atoms with Crippen LogP contribution in [-0.4, -0.2) is 22.5 Å². The Bertz CT molecular complexity index is 959. The third-order valence-corrected chi connectivity index (χ3v) is 3.98. The number of para-hydroxylation sites is 3. The molecule has 0 aliphatic carbocycles. The van der Waals surface area contributed by atoms with Crippen molar-refractivity contribution >= 4 is 34.2 Å². The molecule has 3 rings (SSSR count). The summed E-state index contributed by atoms with van der Waals surface area (Å²) in [7, 11) is 1.91. The number of aryl methyl sites for hydroxylation is 1. The van der Waals surface area contributed by atoms with Crippen molar-refractivity contribution in [2.24, 2.45) is 7.05 Å². The number of aromatic nitrogens is 1. The molecule has 0 saturated carbocycles. The first-order valence-electron chi connectivity index (χ1n) is 8.47. The minimum Gasteiger partial charge on any atom is -0.350 e. The van der Waals surface area contributed by atoms with E-state index in [4.69, 9.17) is 0 Å². The predicted octanol–water partition coefficient (Wildman–Crippen LogP) is 3.96. The first-order valence-corrected chi connectivity index (χ1v) is 8.47. The number of fused-ring (bicyclic) bond motifs is 1. The zero-order chi connectivity index (χ0) is 18.7. The summed E-state index contributed by atoms with van der Waals surface area (Å²) in [6.45, 7) is 3.77. The van der Waals surface area contributed by atoms with Gasteiger partial charge in [0.25, 0.3) is 5.91 Å². The number of urea groups is 1. The van der Waals surface area contributed by atoms with E-state index in [1.807, 2.05) is 62.0 Å². The highest BCUT2D eigenvalue weighted by Gasteiger charge is 2.15. The average molecular weight is 350 g/mol. The molecule has 0 atom stereocenters. The quantitative estimate of drug-likeness (QED) is 0.666. The second-order valence-electron chi connectivity index (χ2n) is 6.42. The highest BCUT2D eigenvalue weighted by atomic mass is 16.2. The number of carbonyl (C=O) groups is 2. The molecule has 6 heteroatoms. The van der Waals surface area contributed by atoms with Crippen molar-refractivity contribution in [2.45, 2.75) is 19.9 Å². The first kappa shape index (κ1) is 17.5. The molecular formula is C20H22N4O2. The van der Waals surface area contributed by atoms with E-state index in [1.54, 1.807) is 18.2 Å². The van der Waals surface area contributed by atoms with Crippen LogP contribution in [-0.2, 0) is 7.05 Å². The number of anilines is 2. The van der Waals surface area contributed by atoms with Crippen LogP contribution in [0.2, 0.25) is 0 Å². The number of amides is 3. The Morgan fingerprint density at radius 1 is 0.923 bits per heavy atom. The standard InChI is InChI=1S/C20H22N4O2/c1-13(2)21-20(26)23-17-10-6-5-9-16(17)22-19(25)15-12-24(3)18-11-7-4-8-14(15)18/h4-13H,1-3H3,(H,22,25)(H2,21,23,26). The van der Waals surface area contributed by atoms with Crippen LogP contribution in [0.15, 0.2) is 54.7 Å². The van der Waals surface area contributed by atoms with Crippen LogP contribution < -0.4 is 16.0 Å². The van der Waals surface area contributed by atoms with Gasteiger partial charge in [0.2, 0.25) is 0 Å². The largest absolute Gasteiger partial charge is 0.350 e. The molecule has 0 radical (unpaired) electrons. The fourth-order valence-corrected chi connectivity index (χ4v) is 2.83. The molecule has 0 aliphatic rings. The highest BCUT2D eigenvalue weighted by molar-refractivity contribution is 6.14. The van der Waals surface area contributed by atoms with Gasteiger partial charge in [0.05, 0.1) is 16.9 Å². The van der Waals surface area contributed by atoms with Crippen LogP contribution in [0.5, 0.6) is 0 Å². The lowest BCUT2D eigenvalue weighted by Gasteiger charge is -2.14. The Labute approximate surface area is 152 Å². The summed E-state index contributed by atoms with van der Waals surface area (Å²) >= 11 is 0. The minimum atomic E-state index is -0.313. The second-order valence-corrected chi connectivity index (χ2v) is 6.42. The second kappa shape index (κ2) is 7.31. The van der Waals surface area contributed by atoms with Gasteiger partial charge in [-0.25, -0.2) is 4.79 Å². The van der Waals surface area contributed by atoms with Crippen LogP contribution in [0.1, 0.15) is 24.2 Å². The van der Waals surface area contributed by atoms with Gasteiger partial charge in [-0.15, -0.1) is 0 Å². The molecule has 1 heterocycles. The molecule has 6 nitrogen and oxygen atoms in total. The first-order chi connectivity index (χ1) is 12.5.